The Kier molecular flexibility index (Phi) is 4.30. The van der Waals surface area contributed by atoms with E-state index in [4.69, 9.17) is 0 Å². The fourth-order valence-corrected chi connectivity index (χ4v) is 1.39. The normalized spacial score (nSPS) is 16.3. The third-order valence-corrected chi connectivity index (χ3v) is 2.34. The van der Waals surface area contributed by atoms with E-state index in [2.05, 4.69) is 11.9 Å². The first-order chi connectivity index (χ1) is 7.15. The molecule has 84 valence electrons. The van der Waals surface area contributed by atoms with Gasteiger partial charge in [-0.3, -0.25) is 9.59 Å². The molecule has 0 aromatic rings. The summed E-state index contributed by atoms with van der Waals surface area (Å²) in [6.07, 6.45) is 1.66. The topological polar surface area (TPSA) is 52.7 Å². The Balaban J connectivity index is 2.42. The molecule has 1 saturated heterocycles. The largest absolute Gasteiger partial charge is 0.341 e. The summed E-state index contributed by atoms with van der Waals surface area (Å²) < 4.78 is 0. The second-order valence-electron chi connectivity index (χ2n) is 3.56. The predicted octanol–water partition coefficient (Wildman–Crippen LogP) is -0.937. The van der Waals surface area contributed by atoms with Crippen LogP contribution in [0.25, 0.3) is 0 Å². The fraction of sp³-hybridized carbons (Fsp3) is 0.600. The number of likely N-dealkylation sites (N-methyl/N-ethyl adjacent to an activating group) is 1. The van der Waals surface area contributed by atoms with Gasteiger partial charge in [-0.05, 0) is 0 Å². The molecule has 5 nitrogen and oxygen atoms in total. The molecular weight excluding hydrogens is 194 g/mol. The number of amides is 2. The maximum Gasteiger partial charge on any atom is 0.242 e. The van der Waals surface area contributed by atoms with Crippen LogP contribution in [0.1, 0.15) is 0 Å². The van der Waals surface area contributed by atoms with Crippen molar-refractivity contribution in [2.45, 2.75) is 0 Å². The molecular formula is C10H17N3O2. The molecule has 1 aliphatic rings. The van der Waals surface area contributed by atoms with Gasteiger partial charge in [0.2, 0.25) is 11.8 Å². The molecule has 0 aromatic carbocycles. The summed E-state index contributed by atoms with van der Waals surface area (Å²) in [6.45, 7) is 5.93. The van der Waals surface area contributed by atoms with Crippen molar-refractivity contribution in [2.24, 2.45) is 0 Å². The van der Waals surface area contributed by atoms with Crippen LogP contribution in [0, 0.1) is 0 Å². The Morgan fingerprint density at radius 2 is 2.47 bits per heavy atom. The van der Waals surface area contributed by atoms with Crippen molar-refractivity contribution >= 4 is 11.8 Å². The van der Waals surface area contributed by atoms with E-state index in [1.54, 1.807) is 22.9 Å². The summed E-state index contributed by atoms with van der Waals surface area (Å²) >= 11 is 0. The fourth-order valence-electron chi connectivity index (χ4n) is 1.39. The zero-order chi connectivity index (χ0) is 11.3. The zero-order valence-electron chi connectivity index (χ0n) is 9.03. The summed E-state index contributed by atoms with van der Waals surface area (Å²) in [7, 11) is 1.71. The third kappa shape index (κ3) is 3.36. The van der Waals surface area contributed by atoms with E-state index < -0.39 is 0 Å². The number of hydrogen-bond donors (Lipinski definition) is 1. The molecule has 1 rings (SSSR count). The quantitative estimate of drug-likeness (QED) is 0.611. The van der Waals surface area contributed by atoms with Gasteiger partial charge in [0.25, 0.3) is 0 Å². The maximum atomic E-state index is 11.6. The molecule has 0 saturated carbocycles. The van der Waals surface area contributed by atoms with Gasteiger partial charge in [0.05, 0.1) is 13.1 Å². The number of piperazine rings is 1. The molecule has 15 heavy (non-hydrogen) atoms. The van der Waals surface area contributed by atoms with Crippen molar-refractivity contribution in [3.05, 3.63) is 12.7 Å². The van der Waals surface area contributed by atoms with Gasteiger partial charge in [0.1, 0.15) is 0 Å². The SMILES string of the molecule is C=CCN(C)C(=O)CN1CCNCC1=O. The summed E-state index contributed by atoms with van der Waals surface area (Å²) in [5, 5.41) is 2.96. The molecule has 0 spiro atoms. The van der Waals surface area contributed by atoms with Crippen LogP contribution in [0.2, 0.25) is 0 Å². The van der Waals surface area contributed by atoms with E-state index in [0.29, 0.717) is 19.6 Å². The molecule has 0 aliphatic carbocycles. The van der Waals surface area contributed by atoms with Crippen molar-refractivity contribution in [2.75, 3.05) is 39.8 Å². The highest BCUT2D eigenvalue weighted by Gasteiger charge is 2.21. The molecule has 2 amide bonds. The number of nitrogens with one attached hydrogen (secondary N) is 1. The molecule has 0 unspecified atom stereocenters. The molecule has 0 bridgehead atoms. The summed E-state index contributed by atoms with van der Waals surface area (Å²) in [6, 6.07) is 0. The first-order valence-corrected chi connectivity index (χ1v) is 4.98. The lowest BCUT2D eigenvalue weighted by atomic mass is 10.3. The van der Waals surface area contributed by atoms with Gasteiger partial charge in [-0.2, -0.15) is 0 Å². The van der Waals surface area contributed by atoms with Crippen LogP contribution < -0.4 is 5.32 Å². The van der Waals surface area contributed by atoms with Crippen molar-refractivity contribution in [3.8, 4) is 0 Å². The van der Waals surface area contributed by atoms with E-state index in [1.807, 2.05) is 0 Å². The van der Waals surface area contributed by atoms with E-state index >= 15 is 0 Å². The van der Waals surface area contributed by atoms with E-state index in [0.717, 1.165) is 6.54 Å². The Morgan fingerprint density at radius 3 is 3.07 bits per heavy atom. The maximum absolute atomic E-state index is 11.6. The minimum absolute atomic E-state index is 0.0124. The van der Waals surface area contributed by atoms with Crippen molar-refractivity contribution in [1.29, 1.82) is 0 Å². The van der Waals surface area contributed by atoms with Crippen LogP contribution in [0.5, 0.6) is 0 Å². The lowest BCUT2D eigenvalue weighted by Crippen LogP contribution is -2.51. The minimum atomic E-state index is -0.0508. The van der Waals surface area contributed by atoms with Crippen LogP contribution in [0.15, 0.2) is 12.7 Å². The molecule has 5 heteroatoms. The van der Waals surface area contributed by atoms with E-state index in [9.17, 15) is 9.59 Å². The van der Waals surface area contributed by atoms with Gasteiger partial charge >= 0.3 is 0 Å². The third-order valence-electron chi connectivity index (χ3n) is 2.34. The van der Waals surface area contributed by atoms with E-state index in [1.165, 1.54) is 0 Å². The van der Waals surface area contributed by atoms with Gasteiger partial charge < -0.3 is 15.1 Å². The van der Waals surface area contributed by atoms with Crippen molar-refractivity contribution < 1.29 is 9.59 Å². The average Bonchev–Trinajstić information content (AvgIpc) is 2.21. The van der Waals surface area contributed by atoms with Gasteiger partial charge in [0.15, 0.2) is 0 Å². The van der Waals surface area contributed by atoms with Gasteiger partial charge in [0, 0.05) is 26.7 Å². The lowest BCUT2D eigenvalue weighted by Gasteiger charge is -2.28. The number of carbonyl (C=O) groups is 2. The van der Waals surface area contributed by atoms with Crippen LogP contribution in [-0.4, -0.2) is 61.4 Å². The Bertz CT molecular complexity index is 265. The minimum Gasteiger partial charge on any atom is -0.341 e. The molecule has 0 aromatic heterocycles. The van der Waals surface area contributed by atoms with Crippen molar-refractivity contribution in [1.82, 2.24) is 15.1 Å². The number of rotatable bonds is 4. The van der Waals surface area contributed by atoms with Crippen molar-refractivity contribution in [3.63, 3.8) is 0 Å². The standard InChI is InChI=1S/C10H17N3O2/c1-3-5-12(2)10(15)8-13-6-4-11-7-9(13)14/h3,11H,1,4-8H2,2H3. The summed E-state index contributed by atoms with van der Waals surface area (Å²) in [4.78, 5) is 26.1. The Morgan fingerprint density at radius 1 is 1.73 bits per heavy atom. The molecule has 1 fully saturated rings. The van der Waals surface area contributed by atoms with Crippen LogP contribution in [0.3, 0.4) is 0 Å². The monoisotopic (exact) mass is 211 g/mol. The predicted molar refractivity (Wildman–Crippen MR) is 57.3 cm³/mol. The summed E-state index contributed by atoms with van der Waals surface area (Å²) in [5.41, 5.74) is 0. The highest BCUT2D eigenvalue weighted by Crippen LogP contribution is 1.96. The lowest BCUT2D eigenvalue weighted by molar-refractivity contribution is -0.140. The number of carbonyl (C=O) groups excluding carboxylic acids is 2. The highest BCUT2D eigenvalue weighted by molar-refractivity contribution is 5.86. The molecule has 1 N–H and O–H groups in total. The number of nitrogens with zero attached hydrogens (tertiary/aromatic N) is 2. The number of hydrogen-bond acceptors (Lipinski definition) is 3. The Labute approximate surface area is 89.7 Å². The van der Waals surface area contributed by atoms with E-state index in [-0.39, 0.29) is 18.4 Å². The molecule has 0 atom stereocenters. The summed E-state index contributed by atoms with van der Waals surface area (Å²) in [5.74, 6) is -0.0632. The zero-order valence-corrected chi connectivity index (χ0v) is 9.03. The van der Waals surface area contributed by atoms with Gasteiger partial charge in [-0.15, -0.1) is 6.58 Å². The smallest absolute Gasteiger partial charge is 0.242 e. The first-order valence-electron chi connectivity index (χ1n) is 4.98. The second kappa shape index (κ2) is 5.50. The average molecular weight is 211 g/mol. The Hall–Kier alpha value is -1.36. The molecule has 1 heterocycles. The van der Waals surface area contributed by atoms with Gasteiger partial charge in [-0.1, -0.05) is 6.08 Å². The molecule has 1 aliphatic heterocycles. The first kappa shape index (κ1) is 11.7. The van der Waals surface area contributed by atoms with Crippen LogP contribution in [-0.2, 0) is 9.59 Å². The van der Waals surface area contributed by atoms with Crippen LogP contribution in [0.4, 0.5) is 0 Å². The highest BCUT2D eigenvalue weighted by atomic mass is 16.2. The van der Waals surface area contributed by atoms with Gasteiger partial charge in [-0.25, -0.2) is 0 Å². The molecule has 0 radical (unpaired) electrons. The second-order valence-corrected chi connectivity index (χ2v) is 3.56. The van der Waals surface area contributed by atoms with Crippen LogP contribution >= 0.6 is 0 Å².